The van der Waals surface area contributed by atoms with E-state index < -0.39 is 5.91 Å². The van der Waals surface area contributed by atoms with Gasteiger partial charge in [0.05, 0.1) is 0 Å². The first kappa shape index (κ1) is 20.1. The maximum absolute atomic E-state index is 12.3. The van der Waals surface area contributed by atoms with Crippen LogP contribution in [0.5, 0.6) is 0 Å². The van der Waals surface area contributed by atoms with Gasteiger partial charge in [-0.05, 0) is 50.3 Å². The summed E-state index contributed by atoms with van der Waals surface area (Å²) >= 11 is 6.05. The van der Waals surface area contributed by atoms with Gasteiger partial charge in [0.25, 0.3) is 5.91 Å². The number of amides is 1. The quantitative estimate of drug-likeness (QED) is 0.594. The first-order chi connectivity index (χ1) is 10.9. The van der Waals surface area contributed by atoms with Gasteiger partial charge < -0.3 is 10.6 Å². The lowest BCUT2D eigenvalue weighted by atomic mass is 9.82. The Morgan fingerprint density at radius 3 is 2.46 bits per heavy atom. The molecule has 4 nitrogen and oxygen atoms in total. The van der Waals surface area contributed by atoms with E-state index in [9.17, 15) is 10.1 Å². The van der Waals surface area contributed by atoms with Gasteiger partial charge in [-0.15, -0.1) is 0 Å². The van der Waals surface area contributed by atoms with Crippen molar-refractivity contribution in [2.45, 2.75) is 53.5 Å². The molecular formula is C19H26ClN3O. The van der Waals surface area contributed by atoms with Crippen LogP contribution in [0, 0.1) is 23.7 Å². The van der Waals surface area contributed by atoms with Crippen molar-refractivity contribution in [1.82, 2.24) is 5.32 Å². The number of nitrogens with zero attached hydrogens (tertiary/aromatic N) is 1. The summed E-state index contributed by atoms with van der Waals surface area (Å²) in [4.78, 5) is 12.3. The topological polar surface area (TPSA) is 64.9 Å². The minimum Gasteiger partial charge on any atom is -0.385 e. The number of carbonyl (C=O) groups excluding carboxylic acids is 1. The summed E-state index contributed by atoms with van der Waals surface area (Å²) in [7, 11) is 0. The highest BCUT2D eigenvalue weighted by molar-refractivity contribution is 6.31. The molecule has 5 heteroatoms. The second-order valence-electron chi connectivity index (χ2n) is 7.80. The Balaban J connectivity index is 2.87. The van der Waals surface area contributed by atoms with E-state index in [2.05, 4.69) is 31.4 Å². The van der Waals surface area contributed by atoms with Crippen LogP contribution in [-0.4, -0.2) is 11.4 Å². The third kappa shape index (κ3) is 6.25. The molecule has 130 valence electrons. The number of anilines is 1. The summed E-state index contributed by atoms with van der Waals surface area (Å²) in [5.74, 6) is -0.457. The Kier molecular flexibility index (Phi) is 6.45. The number of benzene rings is 1. The van der Waals surface area contributed by atoms with Gasteiger partial charge in [0.1, 0.15) is 11.6 Å². The van der Waals surface area contributed by atoms with Gasteiger partial charge in [-0.1, -0.05) is 38.4 Å². The molecule has 2 N–H and O–H groups in total. The molecule has 0 aromatic heterocycles. The van der Waals surface area contributed by atoms with E-state index >= 15 is 0 Å². The van der Waals surface area contributed by atoms with Crippen LogP contribution in [0.2, 0.25) is 5.02 Å². The Bertz CT molecular complexity index is 679. The van der Waals surface area contributed by atoms with Crippen molar-refractivity contribution in [3.8, 4) is 6.07 Å². The van der Waals surface area contributed by atoms with Crippen LogP contribution >= 0.6 is 11.6 Å². The highest BCUT2D eigenvalue weighted by Crippen LogP contribution is 2.27. The lowest BCUT2D eigenvalue weighted by molar-refractivity contribution is -0.112. The molecular weight excluding hydrogens is 322 g/mol. The molecule has 0 saturated heterocycles. The van der Waals surface area contributed by atoms with E-state index in [1.165, 1.54) is 6.20 Å². The van der Waals surface area contributed by atoms with Gasteiger partial charge in [0.15, 0.2) is 0 Å². The Hall–Kier alpha value is -1.99. The van der Waals surface area contributed by atoms with Gasteiger partial charge in [0.2, 0.25) is 0 Å². The number of hydrogen-bond donors (Lipinski definition) is 2. The summed E-state index contributed by atoms with van der Waals surface area (Å²) < 4.78 is 0. The van der Waals surface area contributed by atoms with E-state index in [0.717, 1.165) is 12.0 Å². The number of halogens is 1. The maximum atomic E-state index is 12.3. The molecule has 1 aromatic carbocycles. The van der Waals surface area contributed by atoms with Crippen molar-refractivity contribution >= 4 is 23.2 Å². The highest BCUT2D eigenvalue weighted by atomic mass is 35.5. The van der Waals surface area contributed by atoms with Gasteiger partial charge in [-0.25, -0.2) is 0 Å². The summed E-state index contributed by atoms with van der Waals surface area (Å²) in [5, 5.41) is 15.8. The van der Waals surface area contributed by atoms with Crippen molar-refractivity contribution in [3.63, 3.8) is 0 Å². The molecule has 0 radical (unpaired) electrons. The van der Waals surface area contributed by atoms with E-state index in [0.29, 0.717) is 10.7 Å². The van der Waals surface area contributed by atoms with Crippen molar-refractivity contribution in [3.05, 3.63) is 40.6 Å². The van der Waals surface area contributed by atoms with Crippen LogP contribution in [0.3, 0.4) is 0 Å². The highest BCUT2D eigenvalue weighted by Gasteiger charge is 2.24. The van der Waals surface area contributed by atoms with Crippen molar-refractivity contribution in [2.75, 3.05) is 5.32 Å². The minimum absolute atomic E-state index is 0.0244. The van der Waals surface area contributed by atoms with Crippen molar-refractivity contribution in [2.24, 2.45) is 5.41 Å². The predicted molar refractivity (Wildman–Crippen MR) is 99.8 cm³/mol. The molecule has 0 aliphatic rings. The Morgan fingerprint density at radius 2 is 1.92 bits per heavy atom. The van der Waals surface area contributed by atoms with Gasteiger partial charge in [-0.2, -0.15) is 5.26 Å². The standard InChI is InChI=1S/C19H26ClN3O/c1-13-15(20)8-7-9-16(13)23-17(24)14(10-21)11-22-19(5,6)12-18(2,3)4/h7-9,11,22H,12H2,1-6H3,(H,23,24)/b14-11-. The lowest BCUT2D eigenvalue weighted by Gasteiger charge is -2.33. The smallest absolute Gasteiger partial charge is 0.267 e. The first-order valence-electron chi connectivity index (χ1n) is 7.90. The van der Waals surface area contributed by atoms with Crippen LogP contribution in [0.15, 0.2) is 30.0 Å². The summed E-state index contributed by atoms with van der Waals surface area (Å²) in [6, 6.07) is 7.21. The molecule has 0 spiro atoms. The SMILES string of the molecule is Cc1c(Cl)cccc1NC(=O)/C(C#N)=C\NC(C)(C)CC(C)(C)C. The molecule has 0 bridgehead atoms. The molecule has 0 saturated carbocycles. The summed E-state index contributed by atoms with van der Waals surface area (Å²) in [5.41, 5.74) is 1.30. The van der Waals surface area contributed by atoms with E-state index in [4.69, 9.17) is 11.6 Å². The molecule has 0 atom stereocenters. The zero-order chi connectivity index (χ0) is 18.5. The van der Waals surface area contributed by atoms with Crippen LogP contribution < -0.4 is 10.6 Å². The monoisotopic (exact) mass is 347 g/mol. The fourth-order valence-corrected chi connectivity index (χ4v) is 2.90. The number of hydrogen-bond acceptors (Lipinski definition) is 3. The molecule has 1 rings (SSSR count). The van der Waals surface area contributed by atoms with Crippen LogP contribution in [0.1, 0.15) is 46.6 Å². The molecule has 0 fully saturated rings. The molecule has 0 aliphatic heterocycles. The molecule has 0 heterocycles. The summed E-state index contributed by atoms with van der Waals surface area (Å²) in [6.45, 7) is 12.4. The predicted octanol–water partition coefficient (Wildman–Crippen LogP) is 4.80. The molecule has 24 heavy (non-hydrogen) atoms. The maximum Gasteiger partial charge on any atom is 0.267 e. The van der Waals surface area contributed by atoms with Crippen molar-refractivity contribution < 1.29 is 4.79 Å². The van der Waals surface area contributed by atoms with Crippen LogP contribution in [-0.2, 0) is 4.79 Å². The van der Waals surface area contributed by atoms with Crippen molar-refractivity contribution in [1.29, 1.82) is 5.26 Å². The Labute approximate surface area is 149 Å². The third-order valence-corrected chi connectivity index (χ3v) is 3.87. The second kappa shape index (κ2) is 7.72. The largest absolute Gasteiger partial charge is 0.385 e. The zero-order valence-electron chi connectivity index (χ0n) is 15.2. The molecule has 0 aliphatic carbocycles. The van der Waals surface area contributed by atoms with Gasteiger partial charge in [-0.3, -0.25) is 4.79 Å². The number of nitrogens with one attached hydrogen (secondary N) is 2. The third-order valence-electron chi connectivity index (χ3n) is 3.46. The summed E-state index contributed by atoms with van der Waals surface area (Å²) in [6.07, 6.45) is 2.38. The number of nitriles is 1. The van der Waals surface area contributed by atoms with E-state index in [-0.39, 0.29) is 16.5 Å². The molecule has 1 amide bonds. The average Bonchev–Trinajstić information content (AvgIpc) is 2.41. The second-order valence-corrected chi connectivity index (χ2v) is 8.21. The molecule has 1 aromatic rings. The first-order valence-corrected chi connectivity index (χ1v) is 8.27. The molecule has 0 unspecified atom stereocenters. The zero-order valence-corrected chi connectivity index (χ0v) is 16.0. The van der Waals surface area contributed by atoms with E-state index in [1.807, 2.05) is 26.8 Å². The fraction of sp³-hybridized carbons (Fsp3) is 0.474. The fourth-order valence-electron chi connectivity index (χ4n) is 2.73. The van der Waals surface area contributed by atoms with Gasteiger partial charge in [0, 0.05) is 22.4 Å². The average molecular weight is 348 g/mol. The Morgan fingerprint density at radius 1 is 1.29 bits per heavy atom. The van der Waals surface area contributed by atoms with E-state index in [1.54, 1.807) is 18.2 Å². The minimum atomic E-state index is -0.457. The van der Waals surface area contributed by atoms with Gasteiger partial charge >= 0.3 is 0 Å². The van der Waals surface area contributed by atoms with Crippen LogP contribution in [0.4, 0.5) is 5.69 Å². The number of rotatable bonds is 5. The van der Waals surface area contributed by atoms with Crippen LogP contribution in [0.25, 0.3) is 0 Å². The number of carbonyl (C=O) groups is 1. The lowest BCUT2D eigenvalue weighted by Crippen LogP contribution is -2.39. The normalized spacial score (nSPS) is 12.5.